The maximum atomic E-state index is 12.0. The lowest BCUT2D eigenvalue weighted by atomic mass is 9.98. The van der Waals surface area contributed by atoms with Crippen molar-refractivity contribution in [2.75, 3.05) is 14.2 Å². The van der Waals surface area contributed by atoms with Crippen LogP contribution >= 0.6 is 0 Å². The molecule has 0 spiro atoms. The van der Waals surface area contributed by atoms with Gasteiger partial charge in [-0.1, -0.05) is 23.8 Å². The second kappa shape index (κ2) is 8.72. The number of carbonyl (C=O) groups is 1. The second-order valence-corrected chi connectivity index (χ2v) is 6.46. The van der Waals surface area contributed by atoms with E-state index in [9.17, 15) is 4.79 Å². The zero-order valence-electron chi connectivity index (χ0n) is 16.1. The van der Waals surface area contributed by atoms with Crippen molar-refractivity contribution in [3.05, 3.63) is 52.6 Å². The molecule has 0 amide bonds. The molecule has 0 aliphatic carbocycles. The molecule has 0 heterocycles. The van der Waals surface area contributed by atoms with E-state index in [1.165, 1.54) is 0 Å². The summed E-state index contributed by atoms with van der Waals surface area (Å²) in [5.74, 6) is 1.71. The first-order valence-corrected chi connectivity index (χ1v) is 8.64. The van der Waals surface area contributed by atoms with Gasteiger partial charge in [0, 0.05) is 6.07 Å². The molecule has 0 bridgehead atoms. The van der Waals surface area contributed by atoms with Crippen molar-refractivity contribution in [2.45, 2.75) is 39.7 Å². The van der Waals surface area contributed by atoms with Crippen LogP contribution in [0.5, 0.6) is 17.2 Å². The average Bonchev–Trinajstić information content (AvgIpc) is 2.61. The molecule has 5 nitrogen and oxygen atoms in total. The SMILES string of the molecule is COc1ccc(CCc2cc(C)cc(C)c2OC(=O)[C@H](C)N)c(OC)c1. The van der Waals surface area contributed by atoms with Crippen LogP contribution < -0.4 is 19.9 Å². The van der Waals surface area contributed by atoms with Gasteiger partial charge in [-0.3, -0.25) is 0 Å². The Labute approximate surface area is 155 Å². The Hall–Kier alpha value is -2.53. The highest BCUT2D eigenvalue weighted by Crippen LogP contribution is 2.30. The monoisotopic (exact) mass is 357 g/mol. The fourth-order valence-corrected chi connectivity index (χ4v) is 2.90. The Balaban J connectivity index is 2.27. The van der Waals surface area contributed by atoms with Crippen LogP contribution in [0.2, 0.25) is 0 Å². The van der Waals surface area contributed by atoms with Crippen molar-refractivity contribution in [1.29, 1.82) is 0 Å². The van der Waals surface area contributed by atoms with Crippen LogP contribution in [0.15, 0.2) is 30.3 Å². The zero-order valence-corrected chi connectivity index (χ0v) is 16.1. The Morgan fingerprint density at radius 1 is 1.04 bits per heavy atom. The molecular weight excluding hydrogens is 330 g/mol. The van der Waals surface area contributed by atoms with Gasteiger partial charge in [0.2, 0.25) is 0 Å². The molecule has 0 aromatic heterocycles. The predicted octanol–water partition coefficient (Wildman–Crippen LogP) is 3.36. The molecule has 0 radical (unpaired) electrons. The van der Waals surface area contributed by atoms with Crippen molar-refractivity contribution in [3.8, 4) is 17.2 Å². The second-order valence-electron chi connectivity index (χ2n) is 6.46. The first-order chi connectivity index (χ1) is 12.3. The van der Waals surface area contributed by atoms with E-state index in [1.807, 2.05) is 44.2 Å². The van der Waals surface area contributed by atoms with Gasteiger partial charge in [-0.25, -0.2) is 4.79 Å². The minimum absolute atomic E-state index is 0.430. The van der Waals surface area contributed by atoms with Crippen molar-refractivity contribution >= 4 is 5.97 Å². The summed E-state index contributed by atoms with van der Waals surface area (Å²) in [6.45, 7) is 5.59. The molecule has 140 valence electrons. The molecule has 0 aliphatic heterocycles. The van der Waals surface area contributed by atoms with Gasteiger partial charge < -0.3 is 19.9 Å². The third-order valence-electron chi connectivity index (χ3n) is 4.23. The molecule has 2 N–H and O–H groups in total. The van der Waals surface area contributed by atoms with E-state index in [4.69, 9.17) is 19.9 Å². The zero-order chi connectivity index (χ0) is 19.3. The van der Waals surface area contributed by atoms with Gasteiger partial charge in [-0.15, -0.1) is 0 Å². The fraction of sp³-hybridized carbons (Fsp3) is 0.381. The smallest absolute Gasteiger partial charge is 0.328 e. The number of rotatable bonds is 7. The molecule has 2 rings (SSSR count). The standard InChI is InChI=1S/C21H27NO4/c1-13-10-14(2)20(26-21(23)15(3)22)17(11-13)7-6-16-8-9-18(24-4)12-19(16)25-5/h8-12,15H,6-7,22H2,1-5H3/t15-/m0/s1. The summed E-state index contributed by atoms with van der Waals surface area (Å²) in [6.07, 6.45) is 1.46. The molecule has 0 saturated carbocycles. The lowest BCUT2D eigenvalue weighted by molar-refractivity contribution is -0.135. The number of hydrogen-bond acceptors (Lipinski definition) is 5. The van der Waals surface area contributed by atoms with Crippen LogP contribution in [-0.4, -0.2) is 26.2 Å². The number of hydrogen-bond donors (Lipinski definition) is 1. The molecule has 2 aromatic carbocycles. The van der Waals surface area contributed by atoms with Crippen LogP contribution in [0.4, 0.5) is 0 Å². The summed E-state index contributed by atoms with van der Waals surface area (Å²) in [4.78, 5) is 12.0. The summed E-state index contributed by atoms with van der Waals surface area (Å²) < 4.78 is 16.3. The van der Waals surface area contributed by atoms with Gasteiger partial charge in [0.25, 0.3) is 0 Å². The molecular formula is C21H27NO4. The van der Waals surface area contributed by atoms with E-state index in [1.54, 1.807) is 21.1 Å². The van der Waals surface area contributed by atoms with Gasteiger partial charge in [0.1, 0.15) is 23.3 Å². The molecule has 0 unspecified atom stereocenters. The highest BCUT2D eigenvalue weighted by Gasteiger charge is 2.16. The lowest BCUT2D eigenvalue weighted by Crippen LogP contribution is -2.31. The van der Waals surface area contributed by atoms with Gasteiger partial charge in [0.15, 0.2) is 0 Å². The minimum atomic E-state index is -0.662. The third kappa shape index (κ3) is 4.76. The van der Waals surface area contributed by atoms with Crippen molar-refractivity contribution < 1.29 is 19.0 Å². The number of carbonyl (C=O) groups excluding carboxylic acids is 1. The number of nitrogens with two attached hydrogens (primary N) is 1. The molecule has 0 fully saturated rings. The highest BCUT2D eigenvalue weighted by molar-refractivity contribution is 5.78. The normalized spacial score (nSPS) is 11.8. The molecule has 2 aromatic rings. The first kappa shape index (κ1) is 19.8. The molecule has 5 heteroatoms. The summed E-state index contributed by atoms with van der Waals surface area (Å²) in [5.41, 5.74) is 9.74. The van der Waals surface area contributed by atoms with E-state index in [0.717, 1.165) is 40.2 Å². The Morgan fingerprint density at radius 2 is 1.73 bits per heavy atom. The lowest BCUT2D eigenvalue weighted by Gasteiger charge is -2.16. The molecule has 0 aliphatic rings. The number of aryl methyl sites for hydroxylation is 4. The van der Waals surface area contributed by atoms with Gasteiger partial charge in [-0.2, -0.15) is 0 Å². The molecule has 0 saturated heterocycles. The summed E-state index contributed by atoms with van der Waals surface area (Å²) in [7, 11) is 3.27. The number of ether oxygens (including phenoxy) is 3. The van der Waals surface area contributed by atoms with Gasteiger partial charge in [0.05, 0.1) is 14.2 Å². The van der Waals surface area contributed by atoms with E-state index >= 15 is 0 Å². The Bertz CT molecular complexity index is 784. The summed E-state index contributed by atoms with van der Waals surface area (Å²) >= 11 is 0. The van der Waals surface area contributed by atoms with Crippen LogP contribution in [0.25, 0.3) is 0 Å². The maximum Gasteiger partial charge on any atom is 0.328 e. The maximum absolute atomic E-state index is 12.0. The molecule has 26 heavy (non-hydrogen) atoms. The minimum Gasteiger partial charge on any atom is -0.497 e. The van der Waals surface area contributed by atoms with E-state index < -0.39 is 12.0 Å². The number of methoxy groups -OCH3 is 2. The predicted molar refractivity (Wildman–Crippen MR) is 102 cm³/mol. The number of esters is 1. The largest absolute Gasteiger partial charge is 0.497 e. The molecule has 1 atom stereocenters. The van der Waals surface area contributed by atoms with Crippen LogP contribution in [0.3, 0.4) is 0 Å². The summed E-state index contributed by atoms with van der Waals surface area (Å²) in [6, 6.07) is 9.16. The van der Waals surface area contributed by atoms with E-state index in [2.05, 4.69) is 0 Å². The Kier molecular flexibility index (Phi) is 6.64. The van der Waals surface area contributed by atoms with E-state index in [0.29, 0.717) is 12.2 Å². The fourth-order valence-electron chi connectivity index (χ4n) is 2.90. The number of benzene rings is 2. The average molecular weight is 357 g/mol. The van der Waals surface area contributed by atoms with Crippen molar-refractivity contribution in [3.63, 3.8) is 0 Å². The van der Waals surface area contributed by atoms with Crippen molar-refractivity contribution in [1.82, 2.24) is 0 Å². The quantitative estimate of drug-likeness (QED) is 0.608. The van der Waals surface area contributed by atoms with Crippen LogP contribution in [-0.2, 0) is 17.6 Å². The van der Waals surface area contributed by atoms with Crippen LogP contribution in [0, 0.1) is 13.8 Å². The third-order valence-corrected chi connectivity index (χ3v) is 4.23. The first-order valence-electron chi connectivity index (χ1n) is 8.64. The van der Waals surface area contributed by atoms with Gasteiger partial charge >= 0.3 is 5.97 Å². The van der Waals surface area contributed by atoms with Crippen molar-refractivity contribution in [2.24, 2.45) is 5.73 Å². The Morgan fingerprint density at radius 3 is 2.35 bits per heavy atom. The highest BCUT2D eigenvalue weighted by atomic mass is 16.5. The van der Waals surface area contributed by atoms with Gasteiger partial charge in [-0.05, 0) is 56.4 Å². The van der Waals surface area contributed by atoms with E-state index in [-0.39, 0.29) is 0 Å². The van der Waals surface area contributed by atoms with Crippen LogP contribution in [0.1, 0.15) is 29.2 Å². The topological polar surface area (TPSA) is 70.8 Å². The summed E-state index contributed by atoms with van der Waals surface area (Å²) in [5, 5.41) is 0.